The van der Waals surface area contributed by atoms with Crippen molar-refractivity contribution in [3.63, 3.8) is 0 Å². The van der Waals surface area contributed by atoms with E-state index in [1.54, 1.807) is 6.20 Å². The lowest BCUT2D eigenvalue weighted by Gasteiger charge is -2.08. The quantitative estimate of drug-likeness (QED) is 0.784. The van der Waals surface area contributed by atoms with Crippen molar-refractivity contribution in [1.29, 1.82) is 0 Å². The van der Waals surface area contributed by atoms with Crippen molar-refractivity contribution in [2.45, 2.75) is 13.3 Å². The third kappa shape index (κ3) is 2.77. The van der Waals surface area contributed by atoms with E-state index in [0.29, 0.717) is 5.56 Å². The molecule has 0 saturated carbocycles. The predicted molar refractivity (Wildman–Crippen MR) is 85.5 cm³/mol. The van der Waals surface area contributed by atoms with Crippen molar-refractivity contribution >= 4 is 22.5 Å². The van der Waals surface area contributed by atoms with Gasteiger partial charge in [0, 0.05) is 22.8 Å². The Bertz CT molecular complexity index is 791. The second-order valence-corrected chi connectivity index (χ2v) is 4.88. The van der Waals surface area contributed by atoms with E-state index in [1.165, 1.54) is 5.56 Å². The molecule has 21 heavy (non-hydrogen) atoms. The number of pyridine rings is 1. The van der Waals surface area contributed by atoms with Crippen LogP contribution in [0, 0.1) is 0 Å². The molecule has 1 N–H and O–H groups in total. The van der Waals surface area contributed by atoms with Gasteiger partial charge in [-0.3, -0.25) is 9.78 Å². The third-order valence-corrected chi connectivity index (χ3v) is 3.48. The fourth-order valence-electron chi connectivity index (χ4n) is 2.37. The molecular formula is C18H16N2O. The van der Waals surface area contributed by atoms with Crippen LogP contribution in [0.3, 0.4) is 0 Å². The second-order valence-electron chi connectivity index (χ2n) is 4.88. The van der Waals surface area contributed by atoms with E-state index >= 15 is 0 Å². The molecule has 1 amide bonds. The molecular weight excluding hydrogens is 260 g/mol. The summed E-state index contributed by atoms with van der Waals surface area (Å²) in [5, 5.41) is 3.82. The molecule has 0 saturated heterocycles. The molecule has 3 rings (SSSR count). The Morgan fingerprint density at radius 3 is 2.81 bits per heavy atom. The minimum absolute atomic E-state index is 0.109. The summed E-state index contributed by atoms with van der Waals surface area (Å²) in [5.74, 6) is -0.109. The fraction of sp³-hybridized carbons (Fsp3) is 0.111. The Morgan fingerprint density at radius 2 is 1.95 bits per heavy atom. The number of aromatic nitrogens is 1. The highest BCUT2D eigenvalue weighted by atomic mass is 16.1. The number of carbonyl (C=O) groups excluding carboxylic acids is 1. The van der Waals surface area contributed by atoms with Crippen LogP contribution in [0.2, 0.25) is 0 Å². The average Bonchev–Trinajstić information content (AvgIpc) is 2.54. The summed E-state index contributed by atoms with van der Waals surface area (Å²) in [7, 11) is 0. The van der Waals surface area contributed by atoms with Crippen molar-refractivity contribution < 1.29 is 4.79 Å². The maximum Gasteiger partial charge on any atom is 0.256 e. The summed E-state index contributed by atoms with van der Waals surface area (Å²) < 4.78 is 0. The van der Waals surface area contributed by atoms with Crippen molar-refractivity contribution in [2.24, 2.45) is 0 Å². The van der Waals surface area contributed by atoms with Crippen LogP contribution in [-0.4, -0.2) is 10.9 Å². The van der Waals surface area contributed by atoms with Crippen molar-refractivity contribution in [3.05, 3.63) is 71.9 Å². The number of fused-ring (bicyclic) bond motifs is 1. The first-order valence-corrected chi connectivity index (χ1v) is 7.02. The number of hydrogen-bond acceptors (Lipinski definition) is 2. The SMILES string of the molecule is CCc1cccc(NC(=O)c2cccc3ncccc23)c1. The van der Waals surface area contributed by atoms with Crippen LogP contribution in [0.15, 0.2) is 60.8 Å². The number of hydrogen-bond donors (Lipinski definition) is 1. The van der Waals surface area contributed by atoms with Crippen LogP contribution in [0.5, 0.6) is 0 Å². The van der Waals surface area contributed by atoms with Crippen LogP contribution in [0.4, 0.5) is 5.69 Å². The minimum atomic E-state index is -0.109. The standard InChI is InChI=1S/C18H16N2O/c1-2-13-6-3-7-14(12-13)20-18(21)16-8-4-10-17-15(16)9-5-11-19-17/h3-12H,2H2,1H3,(H,20,21). The summed E-state index contributed by atoms with van der Waals surface area (Å²) in [4.78, 5) is 16.8. The summed E-state index contributed by atoms with van der Waals surface area (Å²) in [6.45, 7) is 2.09. The van der Waals surface area contributed by atoms with Gasteiger partial charge in [0.1, 0.15) is 0 Å². The molecule has 3 aromatic rings. The van der Waals surface area contributed by atoms with Gasteiger partial charge in [-0.1, -0.05) is 31.2 Å². The molecule has 0 fully saturated rings. The molecule has 0 unspecified atom stereocenters. The van der Waals surface area contributed by atoms with Gasteiger partial charge < -0.3 is 5.32 Å². The average molecular weight is 276 g/mol. The van der Waals surface area contributed by atoms with Crippen LogP contribution < -0.4 is 5.32 Å². The highest BCUT2D eigenvalue weighted by Gasteiger charge is 2.10. The monoisotopic (exact) mass is 276 g/mol. The predicted octanol–water partition coefficient (Wildman–Crippen LogP) is 4.05. The van der Waals surface area contributed by atoms with Crippen LogP contribution in [0.25, 0.3) is 10.9 Å². The van der Waals surface area contributed by atoms with Gasteiger partial charge in [0.25, 0.3) is 5.91 Å². The fourth-order valence-corrected chi connectivity index (χ4v) is 2.37. The van der Waals surface area contributed by atoms with Crippen LogP contribution in [0.1, 0.15) is 22.8 Å². The van der Waals surface area contributed by atoms with Gasteiger partial charge in [0.2, 0.25) is 0 Å². The molecule has 0 spiro atoms. The zero-order chi connectivity index (χ0) is 14.7. The smallest absolute Gasteiger partial charge is 0.256 e. The molecule has 0 aliphatic rings. The van der Waals surface area contributed by atoms with E-state index in [2.05, 4.69) is 23.3 Å². The molecule has 0 aliphatic carbocycles. The highest BCUT2D eigenvalue weighted by Crippen LogP contribution is 2.18. The molecule has 0 atom stereocenters. The van der Waals surface area contributed by atoms with Gasteiger partial charge in [-0.25, -0.2) is 0 Å². The molecule has 0 bridgehead atoms. The zero-order valence-electron chi connectivity index (χ0n) is 11.8. The van der Waals surface area contributed by atoms with E-state index in [1.807, 2.05) is 48.5 Å². The van der Waals surface area contributed by atoms with E-state index in [-0.39, 0.29) is 5.91 Å². The van der Waals surface area contributed by atoms with E-state index < -0.39 is 0 Å². The maximum absolute atomic E-state index is 12.5. The number of nitrogens with one attached hydrogen (secondary N) is 1. The van der Waals surface area contributed by atoms with Gasteiger partial charge >= 0.3 is 0 Å². The van der Waals surface area contributed by atoms with E-state index in [9.17, 15) is 4.79 Å². The van der Waals surface area contributed by atoms with Gasteiger partial charge in [-0.2, -0.15) is 0 Å². The lowest BCUT2D eigenvalue weighted by molar-refractivity contribution is 0.102. The number of anilines is 1. The minimum Gasteiger partial charge on any atom is -0.322 e. The summed E-state index contributed by atoms with van der Waals surface area (Å²) in [6, 6.07) is 17.3. The van der Waals surface area contributed by atoms with Gasteiger partial charge in [0.15, 0.2) is 0 Å². The zero-order valence-corrected chi connectivity index (χ0v) is 11.8. The molecule has 3 heteroatoms. The number of amides is 1. The topological polar surface area (TPSA) is 42.0 Å². The molecule has 1 aromatic heterocycles. The van der Waals surface area contributed by atoms with Crippen molar-refractivity contribution in [3.8, 4) is 0 Å². The number of carbonyl (C=O) groups is 1. The summed E-state index contributed by atoms with van der Waals surface area (Å²) in [6.07, 6.45) is 2.68. The first-order chi connectivity index (χ1) is 10.3. The molecule has 0 aliphatic heterocycles. The van der Waals surface area contributed by atoms with Gasteiger partial charge in [-0.15, -0.1) is 0 Å². The first-order valence-electron chi connectivity index (χ1n) is 7.02. The number of nitrogens with zero attached hydrogens (tertiary/aromatic N) is 1. The highest BCUT2D eigenvalue weighted by molar-refractivity contribution is 6.12. The van der Waals surface area contributed by atoms with Gasteiger partial charge in [-0.05, 0) is 42.3 Å². The normalized spacial score (nSPS) is 10.5. The second kappa shape index (κ2) is 5.75. The largest absolute Gasteiger partial charge is 0.322 e. The first kappa shape index (κ1) is 13.3. The number of rotatable bonds is 3. The van der Waals surface area contributed by atoms with E-state index in [4.69, 9.17) is 0 Å². The molecule has 3 nitrogen and oxygen atoms in total. The molecule has 0 radical (unpaired) electrons. The Hall–Kier alpha value is -2.68. The Kier molecular flexibility index (Phi) is 3.65. The summed E-state index contributed by atoms with van der Waals surface area (Å²) in [5.41, 5.74) is 3.49. The van der Waals surface area contributed by atoms with Gasteiger partial charge in [0.05, 0.1) is 5.52 Å². The summed E-state index contributed by atoms with van der Waals surface area (Å²) >= 11 is 0. The molecule has 2 aromatic carbocycles. The van der Waals surface area contributed by atoms with E-state index in [0.717, 1.165) is 23.0 Å². The number of benzene rings is 2. The van der Waals surface area contributed by atoms with Crippen LogP contribution in [-0.2, 0) is 6.42 Å². The van der Waals surface area contributed by atoms with Crippen molar-refractivity contribution in [1.82, 2.24) is 4.98 Å². The molecule has 104 valence electrons. The third-order valence-electron chi connectivity index (χ3n) is 3.48. The van der Waals surface area contributed by atoms with Crippen LogP contribution >= 0.6 is 0 Å². The lowest BCUT2D eigenvalue weighted by atomic mass is 10.1. The molecule has 1 heterocycles. The Labute approximate surface area is 123 Å². The number of aryl methyl sites for hydroxylation is 1. The maximum atomic E-state index is 12.5. The lowest BCUT2D eigenvalue weighted by Crippen LogP contribution is -2.12. The Balaban J connectivity index is 1.93. The van der Waals surface area contributed by atoms with Crippen molar-refractivity contribution in [2.75, 3.05) is 5.32 Å². The Morgan fingerprint density at radius 1 is 1.10 bits per heavy atom.